The maximum absolute atomic E-state index is 13.5. The second-order valence-electron chi connectivity index (χ2n) is 8.69. The molecular weight excluding hydrogens is 435 g/mol. The van der Waals surface area contributed by atoms with Crippen LogP contribution >= 0.6 is 11.6 Å². The maximum atomic E-state index is 13.5. The molecule has 32 heavy (non-hydrogen) atoms. The quantitative estimate of drug-likeness (QED) is 0.506. The van der Waals surface area contributed by atoms with Crippen LogP contribution in [0.15, 0.2) is 22.6 Å². The largest absolute Gasteiger partial charge is 0.424 e. The van der Waals surface area contributed by atoms with E-state index in [1.54, 1.807) is 10.7 Å². The first-order valence-corrected chi connectivity index (χ1v) is 11.5. The summed E-state index contributed by atoms with van der Waals surface area (Å²) in [4.78, 5) is 6.90. The summed E-state index contributed by atoms with van der Waals surface area (Å²) in [6.07, 6.45) is 4.08. The highest BCUT2D eigenvalue weighted by atomic mass is 35.5. The van der Waals surface area contributed by atoms with Gasteiger partial charge in [0.25, 0.3) is 0 Å². The molecule has 2 fully saturated rings. The molecule has 0 N–H and O–H groups in total. The van der Waals surface area contributed by atoms with Crippen LogP contribution in [-0.4, -0.2) is 38.1 Å². The summed E-state index contributed by atoms with van der Waals surface area (Å²) in [5.41, 5.74) is 0. The molecule has 0 amide bonds. The topological polar surface area (TPSA) is 82.1 Å². The zero-order valence-corrected chi connectivity index (χ0v) is 18.9. The molecule has 1 aliphatic heterocycles. The van der Waals surface area contributed by atoms with E-state index in [0.29, 0.717) is 48.0 Å². The highest BCUT2D eigenvalue weighted by Gasteiger charge is 2.43. The summed E-state index contributed by atoms with van der Waals surface area (Å²) in [5.74, 6) is 2.93. The van der Waals surface area contributed by atoms with E-state index < -0.39 is 5.82 Å². The molecule has 3 atom stereocenters. The van der Waals surface area contributed by atoms with E-state index in [-0.39, 0.29) is 5.02 Å². The van der Waals surface area contributed by atoms with Crippen molar-refractivity contribution in [1.29, 1.82) is 0 Å². The van der Waals surface area contributed by atoms with Crippen molar-refractivity contribution >= 4 is 17.6 Å². The van der Waals surface area contributed by atoms with Crippen molar-refractivity contribution in [3.05, 3.63) is 40.8 Å². The molecule has 1 unspecified atom stereocenters. The van der Waals surface area contributed by atoms with Gasteiger partial charge in [0.15, 0.2) is 5.82 Å². The second-order valence-corrected chi connectivity index (χ2v) is 9.09. The van der Waals surface area contributed by atoms with Crippen LogP contribution in [0.3, 0.4) is 0 Å². The number of aryl methyl sites for hydroxylation is 2. The molecule has 5 rings (SSSR count). The van der Waals surface area contributed by atoms with Gasteiger partial charge < -0.3 is 14.1 Å². The van der Waals surface area contributed by atoms with Crippen LogP contribution in [0.25, 0.3) is 0 Å². The first kappa shape index (κ1) is 21.2. The number of halogens is 2. The summed E-state index contributed by atoms with van der Waals surface area (Å²) in [7, 11) is 0. The normalized spacial score (nSPS) is 22.5. The molecule has 1 aliphatic carbocycles. The number of ether oxygens (including phenoxy) is 1. The van der Waals surface area contributed by atoms with Gasteiger partial charge in [0, 0.05) is 39.0 Å². The number of anilines is 1. The Labute approximate surface area is 190 Å². The molecule has 0 radical (unpaired) electrons. The second kappa shape index (κ2) is 8.69. The van der Waals surface area contributed by atoms with E-state index in [0.717, 1.165) is 31.8 Å². The van der Waals surface area contributed by atoms with Crippen molar-refractivity contribution in [3.63, 3.8) is 0 Å². The molecule has 2 bridgehead atoms. The fourth-order valence-corrected chi connectivity index (χ4v) is 5.16. The maximum Gasteiger partial charge on any atom is 0.320 e. The molecule has 1 saturated carbocycles. The van der Waals surface area contributed by atoms with E-state index >= 15 is 0 Å². The standard InChI is InChI=1S/C22H26ClFN6O2/c1-3-8-30-21(32-16-6-7-19(24)18(23)9-16)25-20(28-30)10-17-14-4-5-15(17)12-29(11-14)22-27-26-13(2)31-22/h6-7,9,14-15,17H,3-5,8,10-12H2,1-2H3/t14-,15+,17?. The number of piperidine rings is 1. The van der Waals surface area contributed by atoms with Gasteiger partial charge in [0.2, 0.25) is 5.89 Å². The van der Waals surface area contributed by atoms with Gasteiger partial charge in [0.05, 0.1) is 5.02 Å². The van der Waals surface area contributed by atoms with Crippen LogP contribution in [-0.2, 0) is 13.0 Å². The van der Waals surface area contributed by atoms with Gasteiger partial charge >= 0.3 is 12.0 Å². The Morgan fingerprint density at radius 3 is 2.66 bits per heavy atom. The Hall–Kier alpha value is -2.68. The van der Waals surface area contributed by atoms with E-state index in [2.05, 4.69) is 27.0 Å². The van der Waals surface area contributed by atoms with Crippen LogP contribution in [0, 0.1) is 30.5 Å². The molecule has 1 saturated heterocycles. The average Bonchev–Trinajstić information content (AvgIpc) is 3.42. The van der Waals surface area contributed by atoms with Crippen molar-refractivity contribution in [2.45, 2.75) is 46.1 Å². The minimum Gasteiger partial charge on any atom is -0.424 e. The predicted molar refractivity (Wildman–Crippen MR) is 116 cm³/mol. The third-order valence-corrected chi connectivity index (χ3v) is 6.74. The lowest BCUT2D eigenvalue weighted by molar-refractivity contribution is 0.257. The molecule has 2 aromatic heterocycles. The minimum atomic E-state index is -0.479. The minimum absolute atomic E-state index is 0.0176. The van der Waals surface area contributed by atoms with Gasteiger partial charge in [-0.25, -0.2) is 9.07 Å². The monoisotopic (exact) mass is 460 g/mol. The fourth-order valence-electron chi connectivity index (χ4n) is 4.99. The summed E-state index contributed by atoms with van der Waals surface area (Å²) >= 11 is 5.89. The molecular formula is C22H26ClFN6O2. The first-order chi connectivity index (χ1) is 15.5. The Morgan fingerprint density at radius 2 is 2.00 bits per heavy atom. The number of fused-ring (bicyclic) bond motifs is 2. The number of nitrogens with zero attached hydrogens (tertiary/aromatic N) is 6. The fraction of sp³-hybridized carbons (Fsp3) is 0.545. The summed E-state index contributed by atoms with van der Waals surface area (Å²) in [6.45, 7) is 6.41. The van der Waals surface area contributed by atoms with Gasteiger partial charge in [-0.05, 0) is 49.1 Å². The van der Waals surface area contributed by atoms with Crippen molar-refractivity contribution in [2.24, 2.45) is 17.8 Å². The van der Waals surface area contributed by atoms with Gasteiger partial charge in [-0.1, -0.05) is 23.6 Å². The van der Waals surface area contributed by atoms with Gasteiger partial charge in [-0.3, -0.25) is 0 Å². The van der Waals surface area contributed by atoms with Crippen LogP contribution in [0.1, 0.15) is 37.9 Å². The highest BCUT2D eigenvalue weighted by Crippen LogP contribution is 2.44. The highest BCUT2D eigenvalue weighted by molar-refractivity contribution is 6.30. The molecule has 0 spiro atoms. The SMILES string of the molecule is CCCn1nc(CC2[C@@H]3CC[C@H]2CN(c2nnc(C)o2)C3)nc1Oc1ccc(F)c(Cl)c1. The third kappa shape index (κ3) is 4.18. The van der Waals surface area contributed by atoms with Gasteiger partial charge in [-0.2, -0.15) is 10.1 Å². The van der Waals surface area contributed by atoms with Gasteiger partial charge in [-0.15, -0.1) is 5.10 Å². The predicted octanol–water partition coefficient (Wildman–Crippen LogP) is 4.67. The third-order valence-electron chi connectivity index (χ3n) is 6.45. The van der Waals surface area contributed by atoms with Crippen LogP contribution < -0.4 is 9.64 Å². The van der Waals surface area contributed by atoms with E-state index in [1.807, 2.05) is 6.92 Å². The van der Waals surface area contributed by atoms with E-state index in [4.69, 9.17) is 25.9 Å². The summed E-state index contributed by atoms with van der Waals surface area (Å²) in [6, 6.07) is 5.32. The molecule has 1 aromatic carbocycles. The number of benzene rings is 1. The zero-order valence-electron chi connectivity index (χ0n) is 18.2. The van der Waals surface area contributed by atoms with E-state index in [9.17, 15) is 4.39 Å². The van der Waals surface area contributed by atoms with Crippen LogP contribution in [0.5, 0.6) is 11.8 Å². The van der Waals surface area contributed by atoms with Gasteiger partial charge in [0.1, 0.15) is 11.6 Å². The lowest BCUT2D eigenvalue weighted by atomic mass is 9.82. The smallest absolute Gasteiger partial charge is 0.320 e. The summed E-state index contributed by atoms with van der Waals surface area (Å²) in [5, 5.41) is 12.9. The van der Waals surface area contributed by atoms with Crippen molar-refractivity contribution in [3.8, 4) is 11.8 Å². The number of aromatic nitrogens is 5. The molecule has 3 aromatic rings. The lowest BCUT2D eigenvalue weighted by Crippen LogP contribution is -2.43. The van der Waals surface area contributed by atoms with Crippen molar-refractivity contribution in [2.75, 3.05) is 18.0 Å². The lowest BCUT2D eigenvalue weighted by Gasteiger charge is -2.36. The molecule has 3 heterocycles. The number of rotatable bonds is 7. The Morgan fingerprint density at radius 1 is 1.22 bits per heavy atom. The number of hydrogen-bond donors (Lipinski definition) is 0. The molecule has 8 nitrogen and oxygen atoms in total. The zero-order chi connectivity index (χ0) is 22.2. The molecule has 2 aliphatic rings. The van der Waals surface area contributed by atoms with E-state index in [1.165, 1.54) is 25.0 Å². The molecule has 170 valence electrons. The average molecular weight is 461 g/mol. The van der Waals surface area contributed by atoms with Crippen molar-refractivity contribution < 1.29 is 13.5 Å². The Bertz CT molecular complexity index is 1090. The Balaban J connectivity index is 1.31. The Kier molecular flexibility index (Phi) is 5.75. The number of hydrogen-bond acceptors (Lipinski definition) is 7. The first-order valence-electron chi connectivity index (χ1n) is 11.1. The van der Waals surface area contributed by atoms with Crippen LogP contribution in [0.4, 0.5) is 10.4 Å². The summed E-state index contributed by atoms with van der Waals surface area (Å²) < 4.78 is 26.8. The van der Waals surface area contributed by atoms with Crippen LogP contribution in [0.2, 0.25) is 5.02 Å². The molecule has 10 heteroatoms. The van der Waals surface area contributed by atoms with Crippen molar-refractivity contribution in [1.82, 2.24) is 25.0 Å².